The predicted molar refractivity (Wildman–Crippen MR) is 162 cm³/mol. The molecule has 0 aromatic heterocycles. The molecule has 1 saturated heterocycles. The Morgan fingerprint density at radius 1 is 0.738 bits per heavy atom. The normalized spacial score (nSPS) is 13.2. The highest BCUT2D eigenvalue weighted by Gasteiger charge is 2.26. The fourth-order valence-electron chi connectivity index (χ4n) is 4.79. The SMILES string of the molecule is CCCOc1ccc(-c2cccc(/C=C\C(=O)N3CCN(C(=O)c4cc(OC)c(OC)c(OC)c4)CC3)c2)cc1OC. The summed E-state index contributed by atoms with van der Waals surface area (Å²) < 4.78 is 27.4. The molecule has 0 spiro atoms. The molecular weight excluding hydrogens is 536 g/mol. The minimum atomic E-state index is -0.157. The Morgan fingerprint density at radius 2 is 1.38 bits per heavy atom. The van der Waals surface area contributed by atoms with Crippen molar-refractivity contribution in [2.24, 2.45) is 0 Å². The predicted octanol–water partition coefficient (Wildman–Crippen LogP) is 5.17. The van der Waals surface area contributed by atoms with Crippen molar-refractivity contribution in [2.75, 3.05) is 61.2 Å². The average Bonchev–Trinajstić information content (AvgIpc) is 3.05. The van der Waals surface area contributed by atoms with E-state index >= 15 is 0 Å². The molecule has 0 unspecified atom stereocenters. The highest BCUT2D eigenvalue weighted by molar-refractivity contribution is 5.96. The van der Waals surface area contributed by atoms with Crippen LogP contribution in [0.1, 0.15) is 29.3 Å². The van der Waals surface area contributed by atoms with Gasteiger partial charge in [-0.25, -0.2) is 0 Å². The lowest BCUT2D eigenvalue weighted by Gasteiger charge is -2.34. The average molecular weight is 575 g/mol. The van der Waals surface area contributed by atoms with Gasteiger partial charge in [0.1, 0.15) is 0 Å². The Hall–Kier alpha value is -4.66. The Labute approximate surface area is 247 Å². The zero-order chi connectivity index (χ0) is 30.1. The van der Waals surface area contributed by atoms with Crippen LogP contribution in [0.3, 0.4) is 0 Å². The maximum Gasteiger partial charge on any atom is 0.254 e. The van der Waals surface area contributed by atoms with Crippen molar-refractivity contribution in [3.8, 4) is 39.9 Å². The molecule has 1 aliphatic rings. The standard InChI is InChI=1S/C33H38N2O7/c1-6-18-42-27-12-11-25(20-28(27)38-2)24-9-7-8-23(19-24)10-13-31(36)34-14-16-35(17-15-34)33(37)26-21-29(39-3)32(41-5)30(22-26)40-4/h7-13,19-22H,6,14-18H2,1-5H3/b13-10-. The van der Waals surface area contributed by atoms with Crippen LogP contribution in [0.15, 0.2) is 60.7 Å². The van der Waals surface area contributed by atoms with Gasteiger partial charge in [-0.2, -0.15) is 0 Å². The van der Waals surface area contributed by atoms with Crippen LogP contribution in [0.25, 0.3) is 17.2 Å². The first-order chi connectivity index (χ1) is 20.4. The van der Waals surface area contributed by atoms with E-state index < -0.39 is 0 Å². The zero-order valence-electron chi connectivity index (χ0n) is 24.8. The quantitative estimate of drug-likeness (QED) is 0.292. The number of nitrogens with zero attached hydrogens (tertiary/aromatic N) is 2. The first-order valence-corrected chi connectivity index (χ1v) is 13.9. The minimum absolute atomic E-state index is 0.0978. The van der Waals surface area contributed by atoms with Gasteiger partial charge < -0.3 is 33.5 Å². The van der Waals surface area contributed by atoms with Gasteiger partial charge in [0.25, 0.3) is 5.91 Å². The van der Waals surface area contributed by atoms with Gasteiger partial charge in [-0.1, -0.05) is 31.2 Å². The summed E-state index contributed by atoms with van der Waals surface area (Å²) in [4.78, 5) is 29.7. The van der Waals surface area contributed by atoms with Crippen molar-refractivity contribution in [3.05, 3.63) is 71.8 Å². The van der Waals surface area contributed by atoms with Crippen molar-refractivity contribution in [1.82, 2.24) is 9.80 Å². The van der Waals surface area contributed by atoms with Crippen molar-refractivity contribution >= 4 is 17.9 Å². The number of rotatable bonds is 11. The lowest BCUT2D eigenvalue weighted by atomic mass is 10.0. The van der Waals surface area contributed by atoms with Crippen LogP contribution < -0.4 is 23.7 Å². The summed E-state index contributed by atoms with van der Waals surface area (Å²) in [5, 5.41) is 0. The summed E-state index contributed by atoms with van der Waals surface area (Å²) in [5.74, 6) is 2.41. The first kappa shape index (κ1) is 30.3. The third kappa shape index (κ3) is 6.97. The van der Waals surface area contributed by atoms with Crippen LogP contribution >= 0.6 is 0 Å². The van der Waals surface area contributed by atoms with E-state index in [9.17, 15) is 9.59 Å². The number of benzene rings is 3. The monoisotopic (exact) mass is 574 g/mol. The number of amides is 2. The Morgan fingerprint density at radius 3 is 2.00 bits per heavy atom. The summed E-state index contributed by atoms with van der Waals surface area (Å²) in [6.07, 6.45) is 4.31. The summed E-state index contributed by atoms with van der Waals surface area (Å²) in [6, 6.07) is 17.1. The highest BCUT2D eigenvalue weighted by atomic mass is 16.5. The number of hydrogen-bond donors (Lipinski definition) is 0. The molecule has 4 rings (SSSR count). The van der Waals surface area contributed by atoms with Gasteiger partial charge >= 0.3 is 0 Å². The van der Waals surface area contributed by atoms with E-state index in [4.69, 9.17) is 23.7 Å². The lowest BCUT2D eigenvalue weighted by Crippen LogP contribution is -2.50. The summed E-state index contributed by atoms with van der Waals surface area (Å²) in [6.45, 7) is 4.40. The van der Waals surface area contributed by atoms with Crippen LogP contribution in [0.4, 0.5) is 0 Å². The molecule has 3 aromatic carbocycles. The van der Waals surface area contributed by atoms with E-state index in [1.165, 1.54) is 21.3 Å². The van der Waals surface area contributed by atoms with Crippen LogP contribution in [-0.2, 0) is 4.79 Å². The molecule has 0 aliphatic carbocycles. The fraction of sp³-hybridized carbons (Fsp3) is 0.333. The van der Waals surface area contributed by atoms with Crippen LogP contribution in [0, 0.1) is 0 Å². The lowest BCUT2D eigenvalue weighted by molar-refractivity contribution is -0.127. The molecule has 0 saturated carbocycles. The first-order valence-electron chi connectivity index (χ1n) is 13.9. The molecule has 2 amide bonds. The van der Waals surface area contributed by atoms with Crippen LogP contribution in [0.2, 0.25) is 0 Å². The molecular formula is C33H38N2O7. The van der Waals surface area contributed by atoms with E-state index in [2.05, 4.69) is 6.92 Å². The van der Waals surface area contributed by atoms with Gasteiger partial charge in [0.2, 0.25) is 11.7 Å². The second-order valence-electron chi connectivity index (χ2n) is 9.70. The molecule has 222 valence electrons. The number of piperazine rings is 1. The number of methoxy groups -OCH3 is 4. The minimum Gasteiger partial charge on any atom is -0.493 e. The molecule has 0 bridgehead atoms. The topological polar surface area (TPSA) is 86.8 Å². The number of carbonyl (C=O) groups is 2. The Balaban J connectivity index is 1.38. The molecule has 1 aliphatic heterocycles. The van der Waals surface area contributed by atoms with Gasteiger partial charge in [-0.3, -0.25) is 9.59 Å². The fourth-order valence-corrected chi connectivity index (χ4v) is 4.79. The number of carbonyl (C=O) groups excluding carboxylic acids is 2. The van der Waals surface area contributed by atoms with E-state index in [-0.39, 0.29) is 11.8 Å². The second-order valence-corrected chi connectivity index (χ2v) is 9.70. The molecule has 0 N–H and O–H groups in total. The summed E-state index contributed by atoms with van der Waals surface area (Å²) in [7, 11) is 6.17. The molecule has 0 radical (unpaired) electrons. The second kappa shape index (κ2) is 14.3. The van der Waals surface area contributed by atoms with Crippen molar-refractivity contribution < 1.29 is 33.3 Å². The third-order valence-electron chi connectivity index (χ3n) is 7.05. The van der Waals surface area contributed by atoms with Gasteiger partial charge in [0.15, 0.2) is 23.0 Å². The van der Waals surface area contributed by atoms with Crippen molar-refractivity contribution in [2.45, 2.75) is 13.3 Å². The Bertz CT molecular complexity index is 1400. The summed E-state index contributed by atoms with van der Waals surface area (Å²) in [5.41, 5.74) is 3.33. The van der Waals surface area contributed by atoms with Gasteiger partial charge in [-0.15, -0.1) is 0 Å². The zero-order valence-corrected chi connectivity index (χ0v) is 24.8. The number of ether oxygens (including phenoxy) is 5. The van der Waals surface area contributed by atoms with E-state index in [1.54, 1.807) is 35.1 Å². The molecule has 9 nitrogen and oxygen atoms in total. The van der Waals surface area contributed by atoms with Crippen molar-refractivity contribution in [3.63, 3.8) is 0 Å². The van der Waals surface area contributed by atoms with E-state index in [0.717, 1.165) is 28.9 Å². The smallest absolute Gasteiger partial charge is 0.254 e. The highest BCUT2D eigenvalue weighted by Crippen LogP contribution is 2.38. The van der Waals surface area contributed by atoms with Gasteiger partial charge in [0, 0.05) is 37.8 Å². The van der Waals surface area contributed by atoms with Crippen LogP contribution in [0.5, 0.6) is 28.7 Å². The molecule has 42 heavy (non-hydrogen) atoms. The van der Waals surface area contributed by atoms with Gasteiger partial charge in [0.05, 0.1) is 35.0 Å². The summed E-state index contributed by atoms with van der Waals surface area (Å²) >= 11 is 0. The third-order valence-corrected chi connectivity index (χ3v) is 7.05. The van der Waals surface area contributed by atoms with Crippen LogP contribution in [-0.4, -0.2) is 82.8 Å². The van der Waals surface area contributed by atoms with E-state index in [1.807, 2.05) is 48.5 Å². The largest absolute Gasteiger partial charge is 0.493 e. The van der Waals surface area contributed by atoms with E-state index in [0.29, 0.717) is 61.3 Å². The molecule has 3 aromatic rings. The molecule has 0 atom stereocenters. The molecule has 1 fully saturated rings. The van der Waals surface area contributed by atoms with Gasteiger partial charge in [-0.05, 0) is 59.5 Å². The number of hydrogen-bond acceptors (Lipinski definition) is 7. The Kier molecular flexibility index (Phi) is 10.3. The maximum absolute atomic E-state index is 13.2. The molecule has 1 heterocycles. The molecule has 9 heteroatoms. The van der Waals surface area contributed by atoms with Crippen molar-refractivity contribution in [1.29, 1.82) is 0 Å². The maximum atomic E-state index is 13.2.